The van der Waals surface area contributed by atoms with Crippen molar-refractivity contribution in [2.24, 2.45) is 0 Å². The van der Waals surface area contributed by atoms with Gasteiger partial charge in [-0.3, -0.25) is 0 Å². The molecule has 4 nitrogen and oxygen atoms in total. The molecule has 18 heteroatoms. The van der Waals surface area contributed by atoms with Gasteiger partial charge in [-0.2, -0.15) is 19.7 Å². The molecule has 0 atom stereocenters. The van der Waals surface area contributed by atoms with E-state index in [1.54, 1.807) is 0 Å². The number of rotatable bonds is 3. The Balaban J connectivity index is 0.000000570. The SMILES string of the molecule is F[P-](F)(F)(F)(F)F.F[P-](F)(F)(F)(F)F.N#CC[n+]1ccc(-c2cc[n+](CC#N)cc2)cc1. The van der Waals surface area contributed by atoms with Crippen molar-refractivity contribution in [3.05, 3.63) is 49.1 Å². The van der Waals surface area contributed by atoms with Crippen LogP contribution in [0.4, 0.5) is 50.4 Å². The molecular formula is C14H12F12N4P2. The summed E-state index contributed by atoms with van der Waals surface area (Å²) in [4.78, 5) is 0. The Labute approximate surface area is 172 Å². The van der Waals surface area contributed by atoms with Crippen molar-refractivity contribution in [3.63, 3.8) is 0 Å². The summed E-state index contributed by atoms with van der Waals surface area (Å²) in [6.45, 7) is 0.717. The number of hydrogen-bond donors (Lipinski definition) is 0. The standard InChI is InChI=1S/C14H12N4.2F6P/c15-5-11-17-7-1-13(2-8-17)14-3-9-18(10-4-14)12-6-16;2*1-7(2,3,4,5)6/h1-4,7-10H,11-12H2;;/q+2;2*-1. The smallest absolute Gasteiger partial charge is 0.191 e. The van der Waals surface area contributed by atoms with Gasteiger partial charge in [0.2, 0.25) is 13.1 Å². The number of nitriles is 2. The molecule has 0 amide bonds. The van der Waals surface area contributed by atoms with Crippen LogP contribution < -0.4 is 9.13 Å². The van der Waals surface area contributed by atoms with E-state index in [0.29, 0.717) is 13.1 Å². The van der Waals surface area contributed by atoms with Crippen molar-refractivity contribution >= 4 is 15.6 Å². The van der Waals surface area contributed by atoms with E-state index in [4.69, 9.17) is 10.5 Å². The third-order valence-corrected chi connectivity index (χ3v) is 2.62. The molecule has 0 radical (unpaired) electrons. The van der Waals surface area contributed by atoms with Gasteiger partial charge < -0.3 is 0 Å². The molecule has 0 saturated carbocycles. The zero-order valence-electron chi connectivity index (χ0n) is 15.3. The molecule has 0 aromatic carbocycles. The summed E-state index contributed by atoms with van der Waals surface area (Å²) < 4.78 is 122. The number of hydrogen-bond acceptors (Lipinski definition) is 2. The van der Waals surface area contributed by atoms with Crippen LogP contribution >= 0.6 is 15.6 Å². The maximum Gasteiger partial charge on any atom is 0.233 e. The van der Waals surface area contributed by atoms with E-state index in [-0.39, 0.29) is 0 Å². The Morgan fingerprint density at radius 2 is 0.719 bits per heavy atom. The molecule has 0 N–H and O–H groups in total. The minimum atomic E-state index is -10.7. The van der Waals surface area contributed by atoms with Crippen LogP contribution in [-0.4, -0.2) is 0 Å². The first-order valence-electron chi connectivity index (χ1n) is 7.59. The topological polar surface area (TPSA) is 55.3 Å². The average Bonchev–Trinajstić information content (AvgIpc) is 2.51. The second-order valence-electron chi connectivity index (χ2n) is 5.75. The van der Waals surface area contributed by atoms with Crippen molar-refractivity contribution in [2.45, 2.75) is 13.1 Å². The second-order valence-corrected chi connectivity index (χ2v) is 9.58. The Bertz CT molecular complexity index is 892. The van der Waals surface area contributed by atoms with Crippen LogP contribution in [0.15, 0.2) is 49.1 Å². The molecule has 0 aliphatic heterocycles. The molecule has 182 valence electrons. The Hall–Kier alpha value is -2.70. The van der Waals surface area contributed by atoms with Gasteiger partial charge in [0.25, 0.3) is 0 Å². The fraction of sp³-hybridized carbons (Fsp3) is 0.143. The van der Waals surface area contributed by atoms with Crippen LogP contribution in [0.25, 0.3) is 11.1 Å². The van der Waals surface area contributed by atoms with E-state index in [2.05, 4.69) is 12.1 Å². The molecule has 2 heterocycles. The van der Waals surface area contributed by atoms with Crippen LogP contribution in [0.3, 0.4) is 0 Å². The van der Waals surface area contributed by atoms with Crippen molar-refractivity contribution in [2.75, 3.05) is 0 Å². The molecule has 0 aliphatic carbocycles. The fourth-order valence-electron chi connectivity index (χ4n) is 1.67. The molecule has 0 fully saturated rings. The summed E-state index contributed by atoms with van der Waals surface area (Å²) in [5.74, 6) is 0. The van der Waals surface area contributed by atoms with E-state index in [0.717, 1.165) is 11.1 Å². The largest absolute Gasteiger partial charge is 0.233 e. The van der Waals surface area contributed by atoms with Crippen LogP contribution in [0.5, 0.6) is 0 Å². The van der Waals surface area contributed by atoms with Gasteiger partial charge in [-0.15, -0.1) is 0 Å². The predicted molar refractivity (Wildman–Crippen MR) is 90.6 cm³/mol. The van der Waals surface area contributed by atoms with Crippen LogP contribution in [0, 0.1) is 22.7 Å². The van der Waals surface area contributed by atoms with Gasteiger partial charge in [-0.05, 0) is 11.1 Å². The predicted octanol–water partition coefficient (Wildman–Crippen LogP) is 7.74. The minimum Gasteiger partial charge on any atom is -0.191 e. The molecule has 0 spiro atoms. The van der Waals surface area contributed by atoms with Gasteiger partial charge >= 0.3 is 66.0 Å². The molecule has 32 heavy (non-hydrogen) atoms. The van der Waals surface area contributed by atoms with Gasteiger partial charge in [-0.25, -0.2) is 0 Å². The average molecular weight is 526 g/mol. The molecule has 2 aromatic heterocycles. The van der Waals surface area contributed by atoms with Crippen LogP contribution in [0.1, 0.15) is 0 Å². The zero-order valence-corrected chi connectivity index (χ0v) is 17.0. The fourth-order valence-corrected chi connectivity index (χ4v) is 1.67. The number of pyridine rings is 2. The third kappa shape index (κ3) is 25.3. The third-order valence-electron chi connectivity index (χ3n) is 2.62. The molecule has 0 saturated heterocycles. The van der Waals surface area contributed by atoms with Crippen molar-refractivity contribution in [1.29, 1.82) is 10.5 Å². The second kappa shape index (κ2) is 8.01. The van der Waals surface area contributed by atoms with Gasteiger partial charge in [-0.1, -0.05) is 0 Å². The number of aromatic nitrogens is 2. The summed E-state index contributed by atoms with van der Waals surface area (Å²) >= 11 is 0. The van der Waals surface area contributed by atoms with Crippen molar-refractivity contribution in [3.8, 4) is 23.3 Å². The molecule has 2 aromatic rings. The molecular weight excluding hydrogens is 514 g/mol. The molecule has 0 bridgehead atoms. The summed E-state index contributed by atoms with van der Waals surface area (Å²) in [6.07, 6.45) is 7.54. The van der Waals surface area contributed by atoms with Crippen LogP contribution in [0.2, 0.25) is 0 Å². The monoisotopic (exact) mass is 526 g/mol. The van der Waals surface area contributed by atoms with Gasteiger partial charge in [0.15, 0.2) is 24.8 Å². The first kappa shape index (κ1) is 29.3. The zero-order chi connectivity index (χ0) is 25.6. The van der Waals surface area contributed by atoms with E-state index in [1.807, 2.05) is 58.2 Å². The van der Waals surface area contributed by atoms with E-state index < -0.39 is 15.6 Å². The summed E-state index contributed by atoms with van der Waals surface area (Å²) in [5.41, 5.74) is 2.18. The van der Waals surface area contributed by atoms with Crippen molar-refractivity contribution in [1.82, 2.24) is 0 Å². The molecule has 2 rings (SSSR count). The Kier molecular flexibility index (Phi) is 7.34. The van der Waals surface area contributed by atoms with E-state index >= 15 is 0 Å². The normalized spacial score (nSPS) is 15.4. The van der Waals surface area contributed by atoms with Gasteiger partial charge in [0, 0.05) is 24.3 Å². The first-order valence-corrected chi connectivity index (χ1v) is 11.6. The molecule has 0 aliphatic rings. The molecule has 0 unspecified atom stereocenters. The maximum atomic E-state index is 9.87. The summed E-state index contributed by atoms with van der Waals surface area (Å²) in [6, 6.07) is 12.1. The van der Waals surface area contributed by atoms with Crippen molar-refractivity contribution < 1.29 is 59.5 Å². The Morgan fingerprint density at radius 3 is 0.875 bits per heavy atom. The Morgan fingerprint density at radius 1 is 0.531 bits per heavy atom. The summed E-state index contributed by atoms with van der Waals surface area (Å²) in [7, 11) is -21.3. The van der Waals surface area contributed by atoms with Crippen LogP contribution in [-0.2, 0) is 13.1 Å². The van der Waals surface area contributed by atoms with Gasteiger partial charge in [0.05, 0.1) is 0 Å². The van der Waals surface area contributed by atoms with E-state index in [1.165, 1.54) is 0 Å². The minimum absolute atomic E-state index is 0.358. The first-order chi connectivity index (χ1) is 13.7. The maximum absolute atomic E-state index is 10.7. The van der Waals surface area contributed by atoms with E-state index in [9.17, 15) is 50.4 Å². The number of nitrogens with zero attached hydrogens (tertiary/aromatic N) is 4. The van der Waals surface area contributed by atoms with Gasteiger partial charge in [0.1, 0.15) is 12.1 Å². The summed E-state index contributed by atoms with van der Waals surface area (Å²) in [5, 5.41) is 17.2. The number of halogens is 12. The quantitative estimate of drug-likeness (QED) is 0.234.